The van der Waals surface area contributed by atoms with Gasteiger partial charge in [-0.05, 0) is 0 Å². The predicted octanol–water partition coefficient (Wildman–Crippen LogP) is -0.844. The minimum Gasteiger partial charge on any atom is -0.473 e. The predicted molar refractivity (Wildman–Crippen MR) is 15.3 cm³/mol. The van der Waals surface area contributed by atoms with E-state index in [1.807, 2.05) is 0 Å². The third-order valence-corrected chi connectivity index (χ3v) is 0.183. The van der Waals surface area contributed by atoms with Crippen LogP contribution in [-0.4, -0.2) is 22.2 Å². The van der Waals surface area contributed by atoms with Crippen molar-refractivity contribution in [2.24, 2.45) is 0 Å². The first-order chi connectivity index (χ1) is 2.64. The number of hydrogen-bond acceptors (Lipinski definition) is 2. The van der Waals surface area contributed by atoms with Crippen molar-refractivity contribution >= 4 is 11.9 Å². The van der Waals surface area contributed by atoms with E-state index in [0.29, 0.717) is 0 Å². The summed E-state index contributed by atoms with van der Waals surface area (Å²) in [6.07, 6.45) is 0. The second-order valence-electron chi connectivity index (χ2n) is 0.610. The van der Waals surface area contributed by atoms with Gasteiger partial charge in [0.15, 0.2) is 0 Å². The van der Waals surface area contributed by atoms with Gasteiger partial charge in [-0.15, -0.1) is 0 Å². The van der Waals surface area contributed by atoms with Gasteiger partial charge in [0.25, 0.3) is 0 Å². The first-order valence-corrected chi connectivity index (χ1v) is 1.11. The summed E-state index contributed by atoms with van der Waals surface area (Å²) in [5, 5.41) is 14.8. The molecule has 0 amide bonds. The molecule has 0 saturated heterocycles. The molecule has 0 bridgehead atoms. The first-order valence-electron chi connectivity index (χ1n) is 1.11. The van der Waals surface area contributed by atoms with Crippen LogP contribution in [0, 0.1) is 62.2 Å². The second kappa shape index (κ2) is 8.04. The van der Waals surface area contributed by atoms with Crippen molar-refractivity contribution in [2.75, 3.05) is 0 Å². The van der Waals surface area contributed by atoms with Gasteiger partial charge in [0.1, 0.15) is 0 Å². The summed E-state index contributed by atoms with van der Waals surface area (Å²) in [7, 11) is 0. The smallest absolute Gasteiger partial charge is 0.414 e. The van der Waals surface area contributed by atoms with E-state index >= 15 is 0 Å². The Bertz CT molecular complexity index is 78.0. The summed E-state index contributed by atoms with van der Waals surface area (Å²) in [6.45, 7) is 0. The minimum atomic E-state index is -1.82. The number of aliphatic carboxylic acids is 2. The quantitative estimate of drug-likeness (QED) is 0.376. The summed E-state index contributed by atoms with van der Waals surface area (Å²) in [6, 6.07) is 0. The van der Waals surface area contributed by atoms with Gasteiger partial charge in [-0.3, -0.25) is 0 Å². The van der Waals surface area contributed by atoms with Gasteiger partial charge in [0, 0.05) is 62.2 Å². The fraction of sp³-hybridized carbons (Fsp3) is 0. The van der Waals surface area contributed by atoms with Crippen molar-refractivity contribution in [3.8, 4) is 0 Å². The average molecular weight is 566 g/mol. The maximum Gasteiger partial charge on any atom is 0.414 e. The summed E-state index contributed by atoms with van der Waals surface area (Å²) >= 11 is 0. The minimum absolute atomic E-state index is 0. The molecule has 0 aliphatic carbocycles. The Labute approximate surface area is 92.8 Å². The van der Waals surface area contributed by atoms with Gasteiger partial charge in [-0.2, -0.15) is 0 Å². The van der Waals surface area contributed by atoms with Crippen LogP contribution in [0.5, 0.6) is 0 Å². The summed E-state index contributed by atoms with van der Waals surface area (Å²) in [5.41, 5.74) is 0. The molecule has 0 heterocycles. The van der Waals surface area contributed by atoms with Crippen LogP contribution < -0.4 is 0 Å². The molecular formula is C2H2O4U2. The van der Waals surface area contributed by atoms with Gasteiger partial charge >= 0.3 is 11.9 Å². The molecule has 42 valence electrons. The molecular weight excluding hydrogens is 564 g/mol. The average Bonchev–Trinajstić information content (AvgIpc) is 1.36. The molecule has 0 aliphatic rings. The molecule has 6 heteroatoms. The Morgan fingerprint density at radius 3 is 1.00 bits per heavy atom. The van der Waals surface area contributed by atoms with E-state index in [2.05, 4.69) is 0 Å². The van der Waals surface area contributed by atoms with Crippen LogP contribution in [0.1, 0.15) is 0 Å². The molecule has 0 unspecified atom stereocenters. The Hall–Kier alpha value is 1.04. The van der Waals surface area contributed by atoms with Crippen LogP contribution in [0.25, 0.3) is 0 Å². The Kier molecular flexibility index (Phi) is 16.1. The van der Waals surface area contributed by atoms with E-state index in [-0.39, 0.29) is 62.2 Å². The third-order valence-electron chi connectivity index (χ3n) is 0.183. The Morgan fingerprint density at radius 2 is 1.00 bits per heavy atom. The van der Waals surface area contributed by atoms with Crippen LogP contribution in [0.4, 0.5) is 0 Å². The summed E-state index contributed by atoms with van der Waals surface area (Å²) in [4.78, 5) is 18.2. The van der Waals surface area contributed by atoms with Crippen LogP contribution in [-0.2, 0) is 9.59 Å². The molecule has 0 spiro atoms. The monoisotopic (exact) mass is 566 g/mol. The normalized spacial score (nSPS) is 5.50. The zero-order valence-corrected chi connectivity index (χ0v) is 12.0. The Balaban J connectivity index is -0.000000125. The zero-order chi connectivity index (χ0) is 5.15. The van der Waals surface area contributed by atoms with Gasteiger partial charge in [-0.1, -0.05) is 0 Å². The van der Waals surface area contributed by atoms with Crippen LogP contribution in [0.3, 0.4) is 0 Å². The summed E-state index contributed by atoms with van der Waals surface area (Å²) < 4.78 is 0. The molecule has 0 aromatic rings. The van der Waals surface area contributed by atoms with E-state index in [0.717, 1.165) is 0 Å². The number of carboxylic acids is 2. The third kappa shape index (κ3) is 10.1. The fourth-order valence-corrected chi connectivity index (χ4v) is 0. The summed E-state index contributed by atoms with van der Waals surface area (Å²) in [5.74, 6) is -3.65. The second-order valence-corrected chi connectivity index (χ2v) is 0.610. The Morgan fingerprint density at radius 1 is 0.875 bits per heavy atom. The van der Waals surface area contributed by atoms with Gasteiger partial charge in [0.2, 0.25) is 0 Å². The zero-order valence-electron chi connectivity index (χ0n) is 3.71. The van der Waals surface area contributed by atoms with Crippen molar-refractivity contribution in [3.05, 3.63) is 0 Å². The molecule has 0 radical (unpaired) electrons. The molecule has 0 aliphatic heterocycles. The van der Waals surface area contributed by atoms with E-state index in [9.17, 15) is 0 Å². The van der Waals surface area contributed by atoms with Crippen molar-refractivity contribution in [3.63, 3.8) is 0 Å². The standard InChI is InChI=1S/C2H2O4.2U/c3-1(4)2(5)6;;/h(H,3,4)(H,5,6);;. The van der Waals surface area contributed by atoms with Crippen molar-refractivity contribution in [2.45, 2.75) is 0 Å². The van der Waals surface area contributed by atoms with E-state index in [4.69, 9.17) is 19.8 Å². The molecule has 0 fully saturated rings. The molecule has 8 heavy (non-hydrogen) atoms. The topological polar surface area (TPSA) is 74.6 Å². The SMILES string of the molecule is O=C(O)C(=O)O.[U].[U]. The fourth-order valence-electron chi connectivity index (χ4n) is 0. The van der Waals surface area contributed by atoms with Crippen LogP contribution >= 0.6 is 0 Å². The van der Waals surface area contributed by atoms with E-state index in [1.165, 1.54) is 0 Å². The van der Waals surface area contributed by atoms with Crippen LogP contribution in [0.2, 0.25) is 0 Å². The van der Waals surface area contributed by atoms with Gasteiger partial charge in [-0.25, -0.2) is 9.59 Å². The molecule has 2 N–H and O–H groups in total. The number of carbonyl (C=O) groups is 2. The van der Waals surface area contributed by atoms with Gasteiger partial charge in [0.05, 0.1) is 0 Å². The van der Waals surface area contributed by atoms with Crippen molar-refractivity contribution in [1.82, 2.24) is 0 Å². The molecule has 0 aromatic carbocycles. The van der Waals surface area contributed by atoms with Crippen molar-refractivity contribution < 1.29 is 82.0 Å². The van der Waals surface area contributed by atoms with E-state index < -0.39 is 11.9 Å². The van der Waals surface area contributed by atoms with Gasteiger partial charge < -0.3 is 10.2 Å². The number of rotatable bonds is 0. The molecule has 0 saturated carbocycles. The first kappa shape index (κ1) is 16.0. The maximum atomic E-state index is 9.10. The maximum absolute atomic E-state index is 9.10. The molecule has 0 rings (SSSR count). The number of carboxylic acid groups (broad SMARTS) is 2. The molecule has 0 aromatic heterocycles. The van der Waals surface area contributed by atoms with Crippen molar-refractivity contribution in [1.29, 1.82) is 0 Å². The van der Waals surface area contributed by atoms with E-state index in [1.54, 1.807) is 0 Å². The van der Waals surface area contributed by atoms with Crippen LogP contribution in [0.15, 0.2) is 0 Å². The number of hydrogen-bond donors (Lipinski definition) is 2. The molecule has 4 nitrogen and oxygen atoms in total. The molecule has 0 atom stereocenters. The largest absolute Gasteiger partial charge is 0.473 e.